The first-order valence-electron chi connectivity index (χ1n) is 4.96. The lowest BCUT2D eigenvalue weighted by Gasteiger charge is -2.20. The first-order chi connectivity index (χ1) is 5.58. The number of rotatable bonds is 3. The van der Waals surface area contributed by atoms with Gasteiger partial charge < -0.3 is 5.32 Å². The third-order valence-electron chi connectivity index (χ3n) is 2.32. The van der Waals surface area contributed by atoms with Crippen molar-refractivity contribution in [1.82, 2.24) is 5.32 Å². The molecular formula is C11H21N. The Bertz CT molecular complexity index is 145. The molecule has 1 aliphatic carbocycles. The van der Waals surface area contributed by atoms with Crippen LogP contribution in [0.2, 0.25) is 0 Å². The van der Waals surface area contributed by atoms with Crippen LogP contribution in [0.1, 0.15) is 40.0 Å². The van der Waals surface area contributed by atoms with E-state index in [2.05, 4.69) is 38.2 Å². The van der Waals surface area contributed by atoms with Crippen LogP contribution < -0.4 is 5.32 Å². The molecular weight excluding hydrogens is 146 g/mol. The van der Waals surface area contributed by atoms with Crippen LogP contribution in [0.5, 0.6) is 0 Å². The highest BCUT2D eigenvalue weighted by atomic mass is 14.9. The molecule has 0 saturated heterocycles. The van der Waals surface area contributed by atoms with Crippen molar-refractivity contribution in [2.45, 2.75) is 46.1 Å². The molecule has 0 heterocycles. The molecule has 1 nitrogen and oxygen atoms in total. The number of nitrogens with one attached hydrogen (secondary N) is 1. The Kier molecular flexibility index (Phi) is 3.33. The highest BCUT2D eigenvalue weighted by Crippen LogP contribution is 2.18. The molecule has 0 saturated carbocycles. The van der Waals surface area contributed by atoms with Crippen LogP contribution in [0.25, 0.3) is 0 Å². The van der Waals surface area contributed by atoms with E-state index in [0.717, 1.165) is 12.6 Å². The summed E-state index contributed by atoms with van der Waals surface area (Å²) in [4.78, 5) is 0. The monoisotopic (exact) mass is 167 g/mol. The van der Waals surface area contributed by atoms with Gasteiger partial charge in [-0.15, -0.1) is 0 Å². The molecule has 0 atom stereocenters. The molecule has 1 rings (SSSR count). The molecule has 70 valence electrons. The molecule has 0 unspecified atom stereocenters. The first-order valence-corrected chi connectivity index (χ1v) is 4.96. The molecule has 0 aliphatic heterocycles. The summed E-state index contributed by atoms with van der Waals surface area (Å²) in [5, 5.41) is 3.58. The second kappa shape index (κ2) is 4.08. The van der Waals surface area contributed by atoms with E-state index in [-0.39, 0.29) is 0 Å². The van der Waals surface area contributed by atoms with E-state index >= 15 is 0 Å². The summed E-state index contributed by atoms with van der Waals surface area (Å²) in [5.74, 6) is 0. The van der Waals surface area contributed by atoms with Crippen LogP contribution in [-0.4, -0.2) is 12.6 Å². The summed E-state index contributed by atoms with van der Waals surface area (Å²) in [6.07, 6.45) is 8.27. The smallest absolute Gasteiger partial charge is 0.0136 e. The van der Waals surface area contributed by atoms with Crippen LogP contribution in [0.3, 0.4) is 0 Å². The van der Waals surface area contributed by atoms with E-state index in [1.165, 1.54) is 19.3 Å². The maximum atomic E-state index is 3.58. The Morgan fingerprint density at radius 1 is 1.25 bits per heavy atom. The fourth-order valence-corrected chi connectivity index (χ4v) is 1.44. The van der Waals surface area contributed by atoms with Crippen molar-refractivity contribution < 1.29 is 0 Å². The summed E-state index contributed by atoms with van der Waals surface area (Å²) in [5.41, 5.74) is 0.471. The maximum Gasteiger partial charge on any atom is 0.0136 e. The highest BCUT2D eigenvalue weighted by molar-refractivity contribution is 4.97. The average Bonchev–Trinajstić information content (AvgIpc) is 2.36. The summed E-state index contributed by atoms with van der Waals surface area (Å²) in [6, 6.07) is 0.729. The maximum absolute atomic E-state index is 3.58. The van der Waals surface area contributed by atoms with Gasteiger partial charge in [-0.3, -0.25) is 0 Å². The first kappa shape index (κ1) is 9.79. The van der Waals surface area contributed by atoms with E-state index in [1.54, 1.807) is 0 Å². The Hall–Kier alpha value is -0.300. The second-order valence-corrected chi connectivity index (χ2v) is 4.90. The predicted molar refractivity (Wildman–Crippen MR) is 54.2 cm³/mol. The molecule has 0 bridgehead atoms. The zero-order valence-electron chi connectivity index (χ0n) is 8.56. The molecule has 0 aromatic carbocycles. The molecule has 12 heavy (non-hydrogen) atoms. The van der Waals surface area contributed by atoms with Crippen LogP contribution in [-0.2, 0) is 0 Å². The Morgan fingerprint density at radius 3 is 2.33 bits per heavy atom. The van der Waals surface area contributed by atoms with Crippen LogP contribution in [0, 0.1) is 5.41 Å². The molecule has 1 aliphatic rings. The van der Waals surface area contributed by atoms with Crippen molar-refractivity contribution in [3.05, 3.63) is 12.2 Å². The second-order valence-electron chi connectivity index (χ2n) is 4.90. The summed E-state index contributed by atoms with van der Waals surface area (Å²) < 4.78 is 0. The minimum absolute atomic E-state index is 0.471. The summed E-state index contributed by atoms with van der Waals surface area (Å²) >= 11 is 0. The van der Waals surface area contributed by atoms with Crippen molar-refractivity contribution in [3.8, 4) is 0 Å². The molecule has 0 amide bonds. The Morgan fingerprint density at radius 2 is 1.83 bits per heavy atom. The van der Waals surface area contributed by atoms with Gasteiger partial charge in [0.1, 0.15) is 0 Å². The molecule has 1 heteroatoms. The quantitative estimate of drug-likeness (QED) is 0.637. The third kappa shape index (κ3) is 3.91. The van der Waals surface area contributed by atoms with E-state index < -0.39 is 0 Å². The molecule has 0 aromatic heterocycles. The fraction of sp³-hybridized carbons (Fsp3) is 0.818. The third-order valence-corrected chi connectivity index (χ3v) is 2.32. The van der Waals surface area contributed by atoms with Gasteiger partial charge in [0, 0.05) is 6.04 Å². The largest absolute Gasteiger partial charge is 0.313 e. The van der Waals surface area contributed by atoms with E-state index in [1.807, 2.05) is 0 Å². The van der Waals surface area contributed by atoms with Gasteiger partial charge in [-0.2, -0.15) is 0 Å². The lowest BCUT2D eigenvalue weighted by Crippen LogP contribution is -2.29. The minimum Gasteiger partial charge on any atom is -0.313 e. The predicted octanol–water partition coefficient (Wildman–Crippen LogP) is 2.73. The van der Waals surface area contributed by atoms with Crippen molar-refractivity contribution in [1.29, 1.82) is 0 Å². The van der Waals surface area contributed by atoms with Gasteiger partial charge in [0.15, 0.2) is 0 Å². The fourth-order valence-electron chi connectivity index (χ4n) is 1.44. The van der Waals surface area contributed by atoms with E-state index in [9.17, 15) is 0 Å². The lowest BCUT2D eigenvalue weighted by molar-refractivity contribution is 0.355. The zero-order chi connectivity index (χ0) is 9.03. The summed E-state index contributed by atoms with van der Waals surface area (Å²) in [7, 11) is 0. The van der Waals surface area contributed by atoms with Gasteiger partial charge in [0.2, 0.25) is 0 Å². The number of hydrogen-bond donors (Lipinski definition) is 1. The minimum atomic E-state index is 0.471. The van der Waals surface area contributed by atoms with Crippen LogP contribution >= 0.6 is 0 Å². The van der Waals surface area contributed by atoms with Crippen molar-refractivity contribution in [3.63, 3.8) is 0 Å². The standard InChI is InChI=1S/C11H21N/c1-11(2,3)8-9-12-10-6-4-5-7-10/h4-5,10,12H,6-9H2,1-3H3. The topological polar surface area (TPSA) is 12.0 Å². The van der Waals surface area contributed by atoms with Gasteiger partial charge in [-0.1, -0.05) is 32.9 Å². The van der Waals surface area contributed by atoms with Crippen molar-refractivity contribution in [2.24, 2.45) is 5.41 Å². The summed E-state index contributed by atoms with van der Waals surface area (Å²) in [6.45, 7) is 8.04. The van der Waals surface area contributed by atoms with Gasteiger partial charge in [0.05, 0.1) is 0 Å². The van der Waals surface area contributed by atoms with E-state index in [4.69, 9.17) is 0 Å². The Labute approximate surface area is 76.2 Å². The van der Waals surface area contributed by atoms with Crippen LogP contribution in [0.4, 0.5) is 0 Å². The van der Waals surface area contributed by atoms with Gasteiger partial charge in [0.25, 0.3) is 0 Å². The highest BCUT2D eigenvalue weighted by Gasteiger charge is 2.12. The molecule has 0 spiro atoms. The molecule has 1 N–H and O–H groups in total. The lowest BCUT2D eigenvalue weighted by atomic mass is 9.92. The molecule has 0 radical (unpaired) electrons. The number of hydrogen-bond acceptors (Lipinski definition) is 1. The normalized spacial score (nSPS) is 18.9. The van der Waals surface area contributed by atoms with Gasteiger partial charge >= 0.3 is 0 Å². The van der Waals surface area contributed by atoms with Gasteiger partial charge in [-0.05, 0) is 31.2 Å². The Balaban J connectivity index is 2.03. The van der Waals surface area contributed by atoms with Crippen molar-refractivity contribution in [2.75, 3.05) is 6.54 Å². The van der Waals surface area contributed by atoms with E-state index in [0.29, 0.717) is 5.41 Å². The van der Waals surface area contributed by atoms with Gasteiger partial charge in [-0.25, -0.2) is 0 Å². The average molecular weight is 167 g/mol. The zero-order valence-corrected chi connectivity index (χ0v) is 8.56. The SMILES string of the molecule is CC(C)(C)CCNC1CC=CC1. The molecule has 0 aromatic rings. The molecule has 0 fully saturated rings. The van der Waals surface area contributed by atoms with Crippen molar-refractivity contribution >= 4 is 0 Å². The van der Waals surface area contributed by atoms with Crippen LogP contribution in [0.15, 0.2) is 12.2 Å².